The summed E-state index contributed by atoms with van der Waals surface area (Å²) in [5.41, 5.74) is 3.98. The van der Waals surface area contributed by atoms with Crippen molar-refractivity contribution in [3.63, 3.8) is 0 Å². The van der Waals surface area contributed by atoms with Gasteiger partial charge in [0.15, 0.2) is 0 Å². The summed E-state index contributed by atoms with van der Waals surface area (Å²) in [4.78, 5) is 0. The molecule has 0 heterocycles. The van der Waals surface area contributed by atoms with Gasteiger partial charge < -0.3 is 52.0 Å². The Balaban J connectivity index is -0.000000217. The van der Waals surface area contributed by atoms with E-state index in [9.17, 15) is 0 Å². The van der Waals surface area contributed by atoms with E-state index in [1.165, 1.54) is 89.9 Å². The Labute approximate surface area is 790 Å². The van der Waals surface area contributed by atoms with Gasteiger partial charge in [0.25, 0.3) is 0 Å². The van der Waals surface area contributed by atoms with Gasteiger partial charge in [0.2, 0.25) is 0 Å². The van der Waals surface area contributed by atoms with Gasteiger partial charge >= 0.3 is 249 Å². The van der Waals surface area contributed by atoms with E-state index in [2.05, 4.69) is 265 Å². The van der Waals surface area contributed by atoms with Gasteiger partial charge in [0.1, 0.15) is 0 Å². The molecule has 0 amide bonds. The molecule has 0 N–H and O–H groups in total. The number of allylic oxidation sites excluding steroid dienone is 26. The number of rotatable bonds is 9. The van der Waals surface area contributed by atoms with E-state index in [4.69, 9.17) is 158 Å². The fourth-order valence-corrected chi connectivity index (χ4v) is 25.5. The predicted molar refractivity (Wildman–Crippen MR) is 511 cm³/mol. The second kappa shape index (κ2) is 69.4. The zero-order valence-electron chi connectivity index (χ0n) is 70.3. The molecule has 0 saturated heterocycles. The van der Waals surface area contributed by atoms with Gasteiger partial charge in [-0.2, -0.15) is 0 Å². The fraction of sp³-hybridized carbons (Fsp3) is 0.583. The summed E-state index contributed by atoms with van der Waals surface area (Å²) in [5.74, 6) is 12.8. The predicted octanol–water partition coefficient (Wildman–Crippen LogP) is 38.3. The minimum absolute atomic E-state index is 0. The first-order valence-corrected chi connectivity index (χ1v) is 83.7. The molecule has 12 aliphatic carbocycles. The monoisotopic (exact) mass is 2120 g/mol. The molecule has 110 heavy (non-hydrogen) atoms. The molecule has 0 aromatic heterocycles. The van der Waals surface area contributed by atoms with Crippen molar-refractivity contribution in [2.45, 2.75) is 206 Å². The zero-order chi connectivity index (χ0) is 78.5. The third kappa shape index (κ3) is 54.3. The molecule has 12 rings (SSSR count). The Bertz CT molecular complexity index is 2580. The SMILES string of the molecule is C1=CC2CCCC2C=C1.C=CCC1CCC2C=CC=CC21.C=CCCC(C)(C)C1CCC2C=CC=CC21.CC(C)(C)C1CCC2C=CC=CC21.C[Si](C)(C)C1CC([Si](C)(C)C)C2C=CC=CC21.C[Si](C)(C)C1CCC2C=CC=CC21.[CH3-].[CH3-].[CH3-].[CH3-].[CH3-].[CH3-].[CH3-].[Cl][Ti+]([Cl])[Cl].[Cl][Ti+]([Cl])[Cl].[Cl][Ti+]([Cl])[Cl].[Cl][Ti+]([Cl])[Cl].[Cl][Ti+]([Cl])[Cl].[Cl][Ti][Cl]. The molecular weight excluding hydrogens is 1980 g/mol. The average Bonchev–Trinajstić information content (AvgIpc) is 1.61. The number of hydrogen-bond donors (Lipinski definition) is 0. The Kier molecular flexibility index (Phi) is 81.6. The molecule has 0 nitrogen and oxygen atoms in total. The van der Waals surface area contributed by atoms with Crippen LogP contribution in [-0.4, -0.2) is 24.2 Å². The zero-order valence-corrected chi connectivity index (χ0v) is 95.6. The molecule has 18 unspecified atom stereocenters. The van der Waals surface area contributed by atoms with Crippen LogP contribution < -0.4 is 0 Å². The maximum absolute atomic E-state index is 4.97. The third-order valence-corrected chi connectivity index (χ3v) is 31.0. The summed E-state index contributed by atoms with van der Waals surface area (Å²) in [6.07, 6.45) is 80.6. The Hall–Kier alpha value is 6.23. The normalized spacial score (nSPS) is 28.2. The summed E-state index contributed by atoms with van der Waals surface area (Å²) in [5, 5.41) is 0. The Morgan fingerprint density at radius 2 is 0.600 bits per heavy atom. The first kappa shape index (κ1) is 129. The van der Waals surface area contributed by atoms with E-state index in [0.717, 1.165) is 112 Å². The van der Waals surface area contributed by atoms with E-state index < -0.39 is 115 Å². The molecule has 26 heteroatoms. The second-order valence-corrected chi connectivity index (χ2v) is 91.0. The Morgan fingerprint density at radius 1 is 0.336 bits per heavy atom. The molecule has 634 valence electrons. The van der Waals surface area contributed by atoms with Crippen molar-refractivity contribution in [2.24, 2.45) is 99.6 Å². The molecule has 0 aromatic rings. The van der Waals surface area contributed by atoms with Gasteiger partial charge in [-0.25, -0.2) is 0 Å². The average molecular weight is 2130 g/mol. The van der Waals surface area contributed by atoms with Crippen molar-refractivity contribution in [3.8, 4) is 0 Å². The standard InChI is InChI=1S/C16H24.C15H28Si2.C13H20.C12H20Si.C12H16.C9H12.7CH3.17ClH.6Ti/c1-4-5-12-16(2,3)15-11-10-13-8-6-7-9-14(13)15;1-16(2,3)14-11-15(17(4,5)6)13-10-8-7-9-12(13)14;2*1-13(2,3)12-9-8-10-6-4-5-7-11(10)12;1-2-5-10-8-9-11-6-3-4-7-12(10)11;1-2-5-9-7-3-6-8(9)4-1;;;;;;;;;;;;;;;;;;;;;;;;;;;;;;/h4,6-9,13-15H,1,5,10-12H2,2-3H3;7-10,12-15H,11H2,1-6H3;2*4-7,10-12H,8-9H2,1-3H3;2-4,6-7,10-12H,1,5,8-9H2;1-2,4-5,8-9H,3,6-7H2;7*1H3;17*1H;;;;;;/q;;;;;;7*-1;;;;;;;;;;;;;;;;;;+2;5*+4/p-17. The van der Waals surface area contributed by atoms with Crippen molar-refractivity contribution in [2.75, 3.05) is 0 Å². The topological polar surface area (TPSA) is 0 Å². The first-order valence-electron chi connectivity index (χ1n) is 36.4. The van der Waals surface area contributed by atoms with E-state index in [1.807, 2.05) is 0 Å². The van der Waals surface area contributed by atoms with Crippen LogP contribution in [0.4, 0.5) is 0 Å². The van der Waals surface area contributed by atoms with Crippen LogP contribution in [0.2, 0.25) is 75.5 Å². The van der Waals surface area contributed by atoms with Gasteiger partial charge in [0.05, 0.1) is 0 Å². The van der Waals surface area contributed by atoms with Crippen LogP contribution in [-0.2, 0) is 90.5 Å². The molecule has 0 spiro atoms. The van der Waals surface area contributed by atoms with Crippen molar-refractivity contribution in [3.05, 3.63) is 223 Å². The van der Waals surface area contributed by atoms with Gasteiger partial charge in [0, 0.05) is 24.2 Å². The molecule has 12 aliphatic rings. The molecule has 0 radical (unpaired) electrons. The van der Waals surface area contributed by atoms with Crippen molar-refractivity contribution < 1.29 is 90.5 Å². The third-order valence-electron chi connectivity index (χ3n) is 22.5. The summed E-state index contributed by atoms with van der Waals surface area (Å²) >= 11 is -10.1. The van der Waals surface area contributed by atoms with Crippen LogP contribution >= 0.6 is 158 Å². The number of halogens is 17. The summed E-state index contributed by atoms with van der Waals surface area (Å²) < 4.78 is 0. The molecular formula is C84H141Cl17Si3Ti6-2. The van der Waals surface area contributed by atoms with Crippen LogP contribution in [0.1, 0.15) is 131 Å². The van der Waals surface area contributed by atoms with Crippen molar-refractivity contribution in [1.82, 2.24) is 0 Å². The van der Waals surface area contributed by atoms with Gasteiger partial charge in [-0.05, 0) is 193 Å². The van der Waals surface area contributed by atoms with E-state index in [-0.39, 0.29) is 52.0 Å². The van der Waals surface area contributed by atoms with Crippen LogP contribution in [0.25, 0.3) is 0 Å². The summed E-state index contributed by atoms with van der Waals surface area (Å²) in [6, 6.07) is 0. The van der Waals surface area contributed by atoms with Crippen LogP contribution in [0.5, 0.6) is 0 Å². The van der Waals surface area contributed by atoms with Gasteiger partial charge in [-0.1, -0.05) is 271 Å². The van der Waals surface area contributed by atoms with Crippen molar-refractivity contribution >= 4 is 182 Å². The fourth-order valence-electron chi connectivity index (χ4n) is 17.8. The second-order valence-electron chi connectivity index (χ2n) is 33.3. The van der Waals surface area contributed by atoms with Crippen LogP contribution in [0.15, 0.2) is 171 Å². The first-order chi connectivity index (χ1) is 48.0. The number of hydrogen-bond acceptors (Lipinski definition) is 0. The molecule has 18 atom stereocenters. The molecule has 6 fully saturated rings. The molecule has 6 saturated carbocycles. The minimum atomic E-state index is -1.92. The van der Waals surface area contributed by atoms with Crippen LogP contribution in [0.3, 0.4) is 0 Å². The quantitative estimate of drug-likeness (QED) is 0.123. The maximum atomic E-state index is 4.97. The molecule has 0 bridgehead atoms. The summed E-state index contributed by atoms with van der Waals surface area (Å²) in [6.45, 7) is 42.6. The molecule has 0 aromatic carbocycles. The van der Waals surface area contributed by atoms with E-state index >= 15 is 0 Å². The molecule has 0 aliphatic heterocycles. The number of fused-ring (bicyclic) bond motifs is 6. The van der Waals surface area contributed by atoms with E-state index in [0.29, 0.717) is 10.8 Å². The van der Waals surface area contributed by atoms with Gasteiger partial charge in [-0.15, -0.1) is 13.2 Å². The van der Waals surface area contributed by atoms with E-state index in [1.54, 1.807) is 0 Å². The summed E-state index contributed by atoms with van der Waals surface area (Å²) in [7, 11) is 81.4. The van der Waals surface area contributed by atoms with Crippen LogP contribution in [0, 0.1) is 152 Å². The van der Waals surface area contributed by atoms with Gasteiger partial charge in [-0.3, -0.25) is 0 Å². The van der Waals surface area contributed by atoms with Crippen molar-refractivity contribution in [1.29, 1.82) is 0 Å². The Morgan fingerprint density at radius 3 is 0.927 bits per heavy atom.